The maximum atomic E-state index is 8.69. The predicted molar refractivity (Wildman–Crippen MR) is 35.8 cm³/mol. The summed E-state index contributed by atoms with van der Waals surface area (Å²) in [6.45, 7) is 0. The fourth-order valence-corrected chi connectivity index (χ4v) is 0.358. The molecule has 0 aliphatic heterocycles. The van der Waals surface area contributed by atoms with Crippen LogP contribution in [0.25, 0.3) is 0 Å². The maximum absolute atomic E-state index is 8.69. The molecule has 0 aromatic rings. The molecule has 0 aliphatic rings. The van der Waals surface area contributed by atoms with Crippen LogP contribution in [0.3, 0.4) is 0 Å². The van der Waals surface area contributed by atoms with E-state index in [1.807, 2.05) is 0 Å². The Kier molecular flexibility index (Phi) is 5.66. The molecule has 0 amide bonds. The van der Waals surface area contributed by atoms with Crippen molar-refractivity contribution in [2.75, 3.05) is 21.3 Å². The van der Waals surface area contributed by atoms with Crippen molar-refractivity contribution in [2.24, 2.45) is 0 Å². The van der Waals surface area contributed by atoms with Gasteiger partial charge in [-0.05, 0) is 0 Å². The van der Waals surface area contributed by atoms with Crippen molar-refractivity contribution in [3.63, 3.8) is 0 Å². The van der Waals surface area contributed by atoms with Crippen LogP contribution in [0.1, 0.15) is 0 Å². The van der Waals surface area contributed by atoms with E-state index in [9.17, 15) is 0 Å². The quantitative estimate of drug-likeness (QED) is 0.501. The summed E-state index contributed by atoms with van der Waals surface area (Å²) in [5.74, 6) is 0. The minimum absolute atomic E-state index is 0.894. The number of hydrogen-bond donors (Lipinski definition) is 1. The van der Waals surface area contributed by atoms with E-state index in [0.717, 1.165) is 0 Å². The Labute approximate surface area is 60.6 Å². The molecule has 0 fully saturated rings. The first-order valence-electron chi connectivity index (χ1n) is 2.66. The third kappa shape index (κ3) is 3.86. The summed E-state index contributed by atoms with van der Waals surface area (Å²) in [6.07, 6.45) is 0. The van der Waals surface area contributed by atoms with E-state index in [4.69, 9.17) is 5.02 Å². The second kappa shape index (κ2) is 5.69. The van der Waals surface area contributed by atoms with Crippen molar-refractivity contribution in [3.8, 4) is 0 Å². The van der Waals surface area contributed by atoms with Gasteiger partial charge in [-0.2, -0.15) is 0 Å². The minimum Gasteiger partial charge on any atom is -0.402 e. The van der Waals surface area contributed by atoms with Gasteiger partial charge in [-0.1, -0.05) is 0 Å². The van der Waals surface area contributed by atoms with Crippen molar-refractivity contribution < 1.29 is 23.6 Å². The Morgan fingerprint density at radius 3 is 1.80 bits per heavy atom. The van der Waals surface area contributed by atoms with Gasteiger partial charge in [-0.15, -0.1) is 0 Å². The summed E-state index contributed by atoms with van der Waals surface area (Å²) in [5, 5.41) is 8.69. The first-order chi connectivity index (χ1) is 4.74. The summed E-state index contributed by atoms with van der Waals surface area (Å²) in [6, 6.07) is 0. The second-order valence-electron chi connectivity index (χ2n) is 1.44. The fourth-order valence-electron chi connectivity index (χ4n) is 0.358. The van der Waals surface area contributed by atoms with Gasteiger partial charge in [0.25, 0.3) is 0 Å². The molecule has 0 bridgehead atoms. The molecule has 0 atom stereocenters. The molecular weight excluding hydrogens is 138 g/mol. The monoisotopic (exact) mass is 148 g/mol. The largest absolute Gasteiger partial charge is 0.627 e. The van der Waals surface area contributed by atoms with Gasteiger partial charge in [-0.3, -0.25) is 0 Å². The third-order valence-corrected chi connectivity index (χ3v) is 0.814. The van der Waals surface area contributed by atoms with Gasteiger partial charge in [0.2, 0.25) is 0 Å². The van der Waals surface area contributed by atoms with Crippen molar-refractivity contribution in [1.82, 2.24) is 0 Å². The Hall–Kier alpha value is -0.0701. The van der Waals surface area contributed by atoms with Gasteiger partial charge in [0.1, 0.15) is 0 Å². The van der Waals surface area contributed by atoms with Gasteiger partial charge in [0.15, 0.2) is 0 Å². The highest BCUT2D eigenvalue weighted by Gasteiger charge is 2.26. The Morgan fingerprint density at radius 1 is 1.00 bits per heavy atom. The van der Waals surface area contributed by atoms with Crippen molar-refractivity contribution >= 4 is 14.6 Å². The second-order valence-corrected chi connectivity index (χ2v) is 1.44. The molecular formula is C3H10B2O5. The molecule has 10 heavy (non-hydrogen) atoms. The van der Waals surface area contributed by atoms with Gasteiger partial charge in [0, 0.05) is 21.3 Å². The first-order valence-corrected chi connectivity index (χ1v) is 2.66. The van der Waals surface area contributed by atoms with Crippen LogP contribution in [-0.4, -0.2) is 41.0 Å². The van der Waals surface area contributed by atoms with Crippen molar-refractivity contribution in [2.45, 2.75) is 0 Å². The topological polar surface area (TPSA) is 57.2 Å². The molecule has 7 heteroatoms. The average molecular weight is 148 g/mol. The van der Waals surface area contributed by atoms with E-state index in [1.54, 1.807) is 0 Å². The third-order valence-electron chi connectivity index (χ3n) is 0.814. The van der Waals surface area contributed by atoms with Crippen LogP contribution in [0.15, 0.2) is 0 Å². The summed E-state index contributed by atoms with van der Waals surface area (Å²) in [7, 11) is 1.86. The molecule has 0 aromatic heterocycles. The molecule has 0 spiro atoms. The van der Waals surface area contributed by atoms with Gasteiger partial charge in [0.05, 0.1) is 0 Å². The van der Waals surface area contributed by atoms with E-state index < -0.39 is 14.6 Å². The molecule has 0 saturated heterocycles. The summed E-state index contributed by atoms with van der Waals surface area (Å²) < 4.78 is 18.1. The number of rotatable bonds is 5. The van der Waals surface area contributed by atoms with E-state index in [-0.39, 0.29) is 0 Å². The van der Waals surface area contributed by atoms with Gasteiger partial charge in [-0.25, -0.2) is 0 Å². The van der Waals surface area contributed by atoms with Crippen LogP contribution in [0, 0.1) is 0 Å². The van der Waals surface area contributed by atoms with Crippen molar-refractivity contribution in [3.05, 3.63) is 0 Å². The maximum Gasteiger partial charge on any atom is 0.627 e. The molecule has 58 valence electrons. The lowest BCUT2D eigenvalue weighted by atomic mass is 10.1. The summed E-state index contributed by atoms with van der Waals surface area (Å²) in [5.41, 5.74) is 0. The Bertz CT molecular complexity index is 77.3. The van der Waals surface area contributed by atoms with Crippen LogP contribution >= 0.6 is 0 Å². The van der Waals surface area contributed by atoms with E-state index >= 15 is 0 Å². The van der Waals surface area contributed by atoms with Gasteiger partial charge < -0.3 is 23.6 Å². The zero-order valence-corrected chi connectivity index (χ0v) is 6.23. The zero-order valence-electron chi connectivity index (χ0n) is 6.23. The first kappa shape index (κ1) is 9.93. The molecule has 0 radical (unpaired) electrons. The van der Waals surface area contributed by atoms with Gasteiger partial charge >= 0.3 is 14.6 Å². The molecule has 0 saturated carbocycles. The number of hydrogen-bond acceptors (Lipinski definition) is 5. The fraction of sp³-hybridized carbons (Fsp3) is 1.00. The lowest BCUT2D eigenvalue weighted by Crippen LogP contribution is -2.34. The van der Waals surface area contributed by atoms with Crippen LogP contribution in [0.2, 0.25) is 0 Å². The van der Waals surface area contributed by atoms with E-state index in [2.05, 4.69) is 18.5 Å². The molecule has 1 N–H and O–H groups in total. The highest BCUT2D eigenvalue weighted by atomic mass is 16.8. The Morgan fingerprint density at radius 2 is 1.50 bits per heavy atom. The van der Waals surface area contributed by atoms with Crippen LogP contribution in [0.5, 0.6) is 0 Å². The lowest BCUT2D eigenvalue weighted by Gasteiger charge is -2.09. The Balaban J connectivity index is 3.41. The smallest absolute Gasteiger partial charge is 0.402 e. The molecule has 5 nitrogen and oxygen atoms in total. The van der Waals surface area contributed by atoms with Crippen LogP contribution in [0.4, 0.5) is 0 Å². The van der Waals surface area contributed by atoms with Crippen LogP contribution in [-0.2, 0) is 18.5 Å². The molecule has 0 unspecified atom stereocenters. The minimum atomic E-state index is -1.31. The summed E-state index contributed by atoms with van der Waals surface area (Å²) in [4.78, 5) is 0. The molecule has 0 aliphatic carbocycles. The normalized spacial score (nSPS) is 9.60. The van der Waals surface area contributed by atoms with Crippen LogP contribution < -0.4 is 0 Å². The molecule has 0 heterocycles. The highest BCUT2D eigenvalue weighted by Crippen LogP contribution is 1.90. The standard InChI is InChI=1S/C3H10B2O5/c1-7-4(6)10-5(8-2)9-3/h6H,1-3H3. The average Bonchev–Trinajstić information content (AvgIpc) is 1.99. The SMILES string of the molecule is COB(O)OB(OC)OC. The van der Waals surface area contributed by atoms with E-state index in [0.29, 0.717) is 0 Å². The highest BCUT2D eigenvalue weighted by molar-refractivity contribution is 6.51. The van der Waals surface area contributed by atoms with Crippen molar-refractivity contribution in [1.29, 1.82) is 0 Å². The molecule has 0 aromatic carbocycles. The molecule has 0 rings (SSSR count). The predicted octanol–water partition coefficient (Wildman–Crippen LogP) is -1.10. The van der Waals surface area contributed by atoms with E-state index in [1.165, 1.54) is 21.3 Å². The zero-order chi connectivity index (χ0) is 7.98. The lowest BCUT2D eigenvalue weighted by molar-refractivity contribution is 0.150. The summed E-state index contributed by atoms with van der Waals surface area (Å²) >= 11 is 0.